The zero-order valence-electron chi connectivity index (χ0n) is 14.6. The van der Waals surface area contributed by atoms with Crippen LogP contribution >= 0.6 is 24.0 Å². The van der Waals surface area contributed by atoms with Gasteiger partial charge in [0.1, 0.15) is 5.82 Å². The lowest BCUT2D eigenvalue weighted by Gasteiger charge is -2.20. The standard InChI is InChI=1S/C15H24F2N6O.HI/c1-10(2)13(24)22-6-4-11(9-22)21-15(18-3)20-8-12-19-5-7-23(12)14(16)17;/h5,7,10-11,14H,4,6,8-9H2,1-3H3,(H2,18,20,21);1H. The number of hydrogen-bond acceptors (Lipinski definition) is 3. The summed E-state index contributed by atoms with van der Waals surface area (Å²) in [5.41, 5.74) is 0. The molecule has 0 aromatic carbocycles. The van der Waals surface area contributed by atoms with Crippen molar-refractivity contribution >= 4 is 35.8 Å². The van der Waals surface area contributed by atoms with Gasteiger partial charge in [0.15, 0.2) is 5.96 Å². The zero-order valence-corrected chi connectivity index (χ0v) is 16.9. The number of alkyl halides is 2. The number of nitrogens with one attached hydrogen (secondary N) is 2. The van der Waals surface area contributed by atoms with E-state index in [4.69, 9.17) is 0 Å². The van der Waals surface area contributed by atoms with Crippen molar-refractivity contribution < 1.29 is 13.6 Å². The van der Waals surface area contributed by atoms with E-state index in [1.165, 1.54) is 12.4 Å². The first kappa shape index (κ1) is 21.6. The lowest BCUT2D eigenvalue weighted by atomic mass is 10.2. The van der Waals surface area contributed by atoms with Crippen molar-refractivity contribution in [3.05, 3.63) is 18.2 Å². The Balaban J connectivity index is 0.00000312. The van der Waals surface area contributed by atoms with Crippen molar-refractivity contribution in [3.63, 3.8) is 0 Å². The molecule has 10 heteroatoms. The lowest BCUT2D eigenvalue weighted by Crippen LogP contribution is -2.45. The minimum atomic E-state index is -2.62. The quantitative estimate of drug-likeness (QED) is 0.391. The number of imidazole rings is 1. The lowest BCUT2D eigenvalue weighted by molar-refractivity contribution is -0.133. The Morgan fingerprint density at radius 3 is 2.80 bits per heavy atom. The fraction of sp³-hybridized carbons (Fsp3) is 0.667. The van der Waals surface area contributed by atoms with Gasteiger partial charge in [0, 0.05) is 44.5 Å². The smallest absolute Gasteiger partial charge is 0.319 e. The summed E-state index contributed by atoms with van der Waals surface area (Å²) in [5, 5.41) is 6.20. The first-order chi connectivity index (χ1) is 11.4. The summed E-state index contributed by atoms with van der Waals surface area (Å²) in [6.45, 7) is 2.61. The van der Waals surface area contributed by atoms with Crippen LogP contribution in [0.4, 0.5) is 8.78 Å². The number of aliphatic imine (C=N–C) groups is 1. The van der Waals surface area contributed by atoms with Crippen molar-refractivity contribution in [2.24, 2.45) is 10.9 Å². The number of amides is 1. The number of halogens is 3. The van der Waals surface area contributed by atoms with E-state index in [1.54, 1.807) is 7.05 Å². The van der Waals surface area contributed by atoms with Crippen LogP contribution in [0.3, 0.4) is 0 Å². The van der Waals surface area contributed by atoms with Crippen molar-refractivity contribution in [2.75, 3.05) is 20.1 Å². The molecule has 1 aromatic rings. The Morgan fingerprint density at radius 2 is 2.20 bits per heavy atom. The Bertz CT molecular complexity index is 592. The van der Waals surface area contributed by atoms with Gasteiger partial charge in [-0.2, -0.15) is 8.78 Å². The number of aromatic nitrogens is 2. The Morgan fingerprint density at radius 1 is 1.48 bits per heavy atom. The molecule has 1 amide bonds. The maximum Gasteiger partial charge on any atom is 0.319 e. The molecular formula is C15H25F2IN6O. The maximum absolute atomic E-state index is 12.8. The molecule has 2 N–H and O–H groups in total. The molecule has 7 nitrogen and oxygen atoms in total. The second-order valence-corrected chi connectivity index (χ2v) is 6.02. The summed E-state index contributed by atoms with van der Waals surface area (Å²) in [5.74, 6) is 0.856. The van der Waals surface area contributed by atoms with Crippen LogP contribution in [0.25, 0.3) is 0 Å². The monoisotopic (exact) mass is 470 g/mol. The average Bonchev–Trinajstić information content (AvgIpc) is 3.19. The van der Waals surface area contributed by atoms with Gasteiger partial charge in [-0.25, -0.2) is 4.98 Å². The number of likely N-dealkylation sites (tertiary alicyclic amines) is 1. The molecule has 1 atom stereocenters. The van der Waals surface area contributed by atoms with E-state index in [0.717, 1.165) is 11.0 Å². The van der Waals surface area contributed by atoms with E-state index in [9.17, 15) is 13.6 Å². The zero-order chi connectivity index (χ0) is 17.7. The Labute approximate surface area is 163 Å². The van der Waals surface area contributed by atoms with E-state index in [1.807, 2.05) is 18.7 Å². The van der Waals surface area contributed by atoms with Crippen LogP contribution < -0.4 is 10.6 Å². The number of nitrogens with zero attached hydrogens (tertiary/aromatic N) is 4. The van der Waals surface area contributed by atoms with Gasteiger partial charge in [0.2, 0.25) is 5.91 Å². The van der Waals surface area contributed by atoms with E-state index in [2.05, 4.69) is 20.6 Å². The molecule has 1 unspecified atom stereocenters. The molecule has 1 aromatic heterocycles. The second-order valence-electron chi connectivity index (χ2n) is 6.02. The predicted molar refractivity (Wildman–Crippen MR) is 102 cm³/mol. The molecule has 0 aliphatic carbocycles. The molecule has 0 saturated carbocycles. The molecule has 1 saturated heterocycles. The third kappa shape index (κ3) is 5.79. The van der Waals surface area contributed by atoms with Crippen LogP contribution in [-0.2, 0) is 11.3 Å². The third-order valence-corrected chi connectivity index (χ3v) is 3.93. The Hall–Kier alpha value is -1.46. The van der Waals surface area contributed by atoms with Crippen LogP contribution in [-0.4, -0.2) is 52.5 Å². The van der Waals surface area contributed by atoms with Gasteiger partial charge < -0.3 is 15.5 Å². The van der Waals surface area contributed by atoms with Gasteiger partial charge in [-0.15, -0.1) is 24.0 Å². The highest BCUT2D eigenvalue weighted by Crippen LogP contribution is 2.13. The fourth-order valence-corrected chi connectivity index (χ4v) is 2.65. The fourth-order valence-electron chi connectivity index (χ4n) is 2.65. The van der Waals surface area contributed by atoms with Gasteiger partial charge in [0.25, 0.3) is 0 Å². The number of carbonyl (C=O) groups is 1. The molecule has 142 valence electrons. The van der Waals surface area contributed by atoms with Gasteiger partial charge in [-0.3, -0.25) is 14.4 Å². The van der Waals surface area contributed by atoms with Crippen molar-refractivity contribution in [3.8, 4) is 0 Å². The molecule has 0 radical (unpaired) electrons. The Kier molecular flexibility index (Phi) is 8.53. The minimum Gasteiger partial charge on any atom is -0.352 e. The molecule has 0 bridgehead atoms. The minimum absolute atomic E-state index is 0. The molecule has 0 spiro atoms. The topological polar surface area (TPSA) is 74.6 Å². The van der Waals surface area contributed by atoms with Crippen molar-refractivity contribution in [1.82, 2.24) is 25.1 Å². The number of guanidine groups is 1. The molecule has 25 heavy (non-hydrogen) atoms. The summed E-state index contributed by atoms with van der Waals surface area (Å²) in [6, 6.07) is 0.0914. The van der Waals surface area contributed by atoms with Gasteiger partial charge in [-0.1, -0.05) is 13.8 Å². The average molecular weight is 470 g/mol. The van der Waals surface area contributed by atoms with Gasteiger partial charge in [0.05, 0.1) is 6.54 Å². The van der Waals surface area contributed by atoms with Crippen molar-refractivity contribution in [2.45, 2.75) is 39.4 Å². The largest absolute Gasteiger partial charge is 0.352 e. The van der Waals surface area contributed by atoms with E-state index >= 15 is 0 Å². The summed E-state index contributed by atoms with van der Waals surface area (Å²) >= 11 is 0. The molecular weight excluding hydrogens is 445 g/mol. The molecule has 1 aliphatic rings. The summed E-state index contributed by atoms with van der Waals surface area (Å²) in [6.07, 6.45) is 3.40. The van der Waals surface area contributed by atoms with E-state index < -0.39 is 6.55 Å². The highest BCUT2D eigenvalue weighted by Gasteiger charge is 2.28. The van der Waals surface area contributed by atoms with Crippen LogP contribution in [0.2, 0.25) is 0 Å². The SMILES string of the molecule is CN=C(NCc1nccn1C(F)F)NC1CCN(C(=O)C(C)C)C1.I. The summed E-state index contributed by atoms with van der Waals surface area (Å²) in [7, 11) is 1.61. The molecule has 1 aliphatic heterocycles. The van der Waals surface area contributed by atoms with E-state index in [-0.39, 0.29) is 54.2 Å². The normalized spacial score (nSPS) is 17.8. The van der Waals surface area contributed by atoms with Gasteiger partial charge in [-0.05, 0) is 6.42 Å². The van der Waals surface area contributed by atoms with Crippen LogP contribution in [0.5, 0.6) is 0 Å². The number of carbonyl (C=O) groups excluding carboxylic acids is 1. The van der Waals surface area contributed by atoms with E-state index in [0.29, 0.717) is 19.0 Å². The first-order valence-electron chi connectivity index (χ1n) is 7.98. The van der Waals surface area contributed by atoms with Crippen molar-refractivity contribution in [1.29, 1.82) is 0 Å². The van der Waals surface area contributed by atoms with Crippen LogP contribution in [0, 0.1) is 5.92 Å². The summed E-state index contributed by atoms with van der Waals surface area (Å²) < 4.78 is 26.4. The summed E-state index contributed by atoms with van der Waals surface area (Å²) in [4.78, 5) is 21.8. The third-order valence-electron chi connectivity index (χ3n) is 3.93. The van der Waals surface area contributed by atoms with Crippen LogP contribution in [0.1, 0.15) is 32.6 Å². The van der Waals surface area contributed by atoms with Crippen LogP contribution in [0.15, 0.2) is 17.4 Å². The highest BCUT2D eigenvalue weighted by atomic mass is 127. The van der Waals surface area contributed by atoms with Gasteiger partial charge >= 0.3 is 6.55 Å². The molecule has 2 rings (SSSR count). The molecule has 2 heterocycles. The first-order valence-corrected chi connectivity index (χ1v) is 7.98. The maximum atomic E-state index is 12.8. The number of hydrogen-bond donors (Lipinski definition) is 2. The number of rotatable bonds is 5. The second kappa shape index (κ2) is 9.88. The predicted octanol–water partition coefficient (Wildman–Crippen LogP) is 1.82. The molecule has 1 fully saturated rings. The highest BCUT2D eigenvalue weighted by molar-refractivity contribution is 14.0.